The number of carbonyl (C=O) groups excluding carboxylic acids is 1. The van der Waals surface area contributed by atoms with Crippen LogP contribution in [-0.4, -0.2) is 5.78 Å². The zero-order chi connectivity index (χ0) is 16.7. The maximum Gasteiger partial charge on any atom is 0.200 e. The zero-order valence-corrected chi connectivity index (χ0v) is 14.6. The Hall–Kier alpha value is -1.94. The summed E-state index contributed by atoms with van der Waals surface area (Å²) in [5.41, 5.74) is 1.50. The molecule has 118 valence electrons. The lowest BCUT2D eigenvalue weighted by atomic mass is 10.1. The molecule has 24 heavy (non-hydrogen) atoms. The fourth-order valence-electron chi connectivity index (χ4n) is 2.53. The highest BCUT2D eigenvalue weighted by Crippen LogP contribution is 2.41. The lowest BCUT2D eigenvalue weighted by Crippen LogP contribution is -1.93. The summed E-state index contributed by atoms with van der Waals surface area (Å²) in [6.07, 6.45) is 1.76. The average molecular weight is 373 g/mol. The first-order valence-electron chi connectivity index (χ1n) is 7.20. The van der Waals surface area contributed by atoms with E-state index in [4.69, 9.17) is 27.6 Å². The lowest BCUT2D eigenvalue weighted by molar-refractivity contribution is 0.104. The highest BCUT2D eigenvalue weighted by molar-refractivity contribution is 8.04. The van der Waals surface area contributed by atoms with Crippen LogP contribution in [0.5, 0.6) is 0 Å². The first kappa shape index (κ1) is 15.6. The molecule has 1 aliphatic heterocycles. The Labute approximate surface area is 153 Å². The van der Waals surface area contributed by atoms with Gasteiger partial charge in [-0.3, -0.25) is 4.79 Å². The van der Waals surface area contributed by atoms with Gasteiger partial charge in [-0.15, -0.1) is 0 Å². The minimum atomic E-state index is 0.0260. The van der Waals surface area contributed by atoms with Gasteiger partial charge >= 0.3 is 0 Å². The average Bonchev–Trinajstić information content (AvgIpc) is 3.14. The topological polar surface area (TPSA) is 30.2 Å². The van der Waals surface area contributed by atoms with Crippen molar-refractivity contribution in [2.75, 3.05) is 0 Å². The van der Waals surface area contributed by atoms with Crippen LogP contribution in [0, 0.1) is 0 Å². The van der Waals surface area contributed by atoms with Crippen molar-refractivity contribution >= 4 is 46.8 Å². The number of benzene rings is 2. The fraction of sp³-hybridized carbons (Fsp3) is 0. The third-order valence-corrected chi connectivity index (χ3v) is 5.32. The summed E-state index contributed by atoms with van der Waals surface area (Å²) in [6.45, 7) is 0. The number of rotatable bonds is 2. The molecule has 0 unspecified atom stereocenters. The molecule has 1 aliphatic rings. The Kier molecular flexibility index (Phi) is 4.01. The number of thioether (sulfide) groups is 1. The number of Topliss-reactive ketones (excluding diaryl/α,β-unsaturated/α-hetero) is 1. The van der Waals surface area contributed by atoms with E-state index < -0.39 is 0 Å². The SMILES string of the molecule is O=C1/C(=C\c2ccc(-c3ccc(Cl)cc3Cl)o2)Sc2ccccc21. The number of halogens is 2. The molecule has 0 atom stereocenters. The molecule has 1 aromatic heterocycles. The number of fused-ring (bicyclic) bond motifs is 1. The second-order valence-electron chi connectivity index (χ2n) is 5.26. The first-order chi connectivity index (χ1) is 11.6. The van der Waals surface area contributed by atoms with Gasteiger partial charge in [0, 0.05) is 21.0 Å². The fourth-order valence-corrected chi connectivity index (χ4v) is 4.06. The van der Waals surface area contributed by atoms with Crippen LogP contribution in [0.3, 0.4) is 0 Å². The van der Waals surface area contributed by atoms with E-state index in [-0.39, 0.29) is 5.78 Å². The minimum absolute atomic E-state index is 0.0260. The summed E-state index contributed by atoms with van der Waals surface area (Å²) in [5.74, 6) is 1.27. The Morgan fingerprint density at radius 1 is 0.958 bits per heavy atom. The van der Waals surface area contributed by atoms with Crippen LogP contribution in [0.1, 0.15) is 16.1 Å². The van der Waals surface area contributed by atoms with Crippen LogP contribution in [0.2, 0.25) is 10.0 Å². The van der Waals surface area contributed by atoms with Crippen LogP contribution < -0.4 is 0 Å². The molecule has 0 fully saturated rings. The summed E-state index contributed by atoms with van der Waals surface area (Å²) >= 11 is 13.6. The molecule has 0 N–H and O–H groups in total. The van der Waals surface area contributed by atoms with Gasteiger partial charge in [-0.2, -0.15) is 0 Å². The van der Waals surface area contributed by atoms with Gasteiger partial charge in [0.2, 0.25) is 5.78 Å². The van der Waals surface area contributed by atoms with E-state index in [0.29, 0.717) is 26.5 Å². The maximum atomic E-state index is 12.4. The molecule has 2 heterocycles. The number of ketones is 1. The van der Waals surface area contributed by atoms with Crippen LogP contribution in [-0.2, 0) is 0 Å². The molecule has 2 nitrogen and oxygen atoms in total. The van der Waals surface area contributed by atoms with E-state index in [0.717, 1.165) is 16.0 Å². The summed E-state index contributed by atoms with van der Waals surface area (Å²) < 4.78 is 5.83. The molecule has 4 rings (SSSR count). The highest BCUT2D eigenvalue weighted by atomic mass is 35.5. The van der Waals surface area contributed by atoms with Crippen molar-refractivity contribution in [3.8, 4) is 11.3 Å². The second-order valence-corrected chi connectivity index (χ2v) is 7.19. The summed E-state index contributed by atoms with van der Waals surface area (Å²) in [7, 11) is 0. The largest absolute Gasteiger partial charge is 0.457 e. The van der Waals surface area contributed by atoms with Gasteiger partial charge in [0.25, 0.3) is 0 Å². The molecule has 0 amide bonds. The molecular weight excluding hydrogens is 363 g/mol. The van der Waals surface area contributed by atoms with Gasteiger partial charge in [0.1, 0.15) is 11.5 Å². The van der Waals surface area contributed by atoms with Gasteiger partial charge in [-0.1, -0.05) is 47.1 Å². The van der Waals surface area contributed by atoms with Gasteiger partial charge in [-0.05, 0) is 48.5 Å². The molecule has 3 aromatic rings. The second kappa shape index (κ2) is 6.17. The summed E-state index contributed by atoms with van der Waals surface area (Å²) in [5, 5.41) is 1.10. The molecule has 0 saturated carbocycles. The molecule has 2 aromatic carbocycles. The number of hydrogen-bond acceptors (Lipinski definition) is 3. The van der Waals surface area contributed by atoms with E-state index in [1.807, 2.05) is 42.5 Å². The Bertz CT molecular complexity index is 989. The van der Waals surface area contributed by atoms with E-state index in [9.17, 15) is 4.79 Å². The highest BCUT2D eigenvalue weighted by Gasteiger charge is 2.25. The third-order valence-electron chi connectivity index (χ3n) is 3.67. The van der Waals surface area contributed by atoms with Gasteiger partial charge in [0.05, 0.1) is 9.93 Å². The van der Waals surface area contributed by atoms with E-state index in [2.05, 4.69) is 0 Å². The lowest BCUT2D eigenvalue weighted by Gasteiger charge is -2.01. The van der Waals surface area contributed by atoms with Crippen molar-refractivity contribution < 1.29 is 9.21 Å². The summed E-state index contributed by atoms with van der Waals surface area (Å²) in [6, 6.07) is 16.5. The summed E-state index contributed by atoms with van der Waals surface area (Å²) in [4.78, 5) is 14.0. The van der Waals surface area contributed by atoms with Crippen LogP contribution in [0.4, 0.5) is 0 Å². The van der Waals surface area contributed by atoms with Gasteiger partial charge in [-0.25, -0.2) is 0 Å². The Morgan fingerprint density at radius 3 is 2.58 bits per heavy atom. The van der Waals surface area contributed by atoms with Crippen molar-refractivity contribution in [2.45, 2.75) is 4.90 Å². The van der Waals surface area contributed by atoms with Crippen molar-refractivity contribution in [1.82, 2.24) is 0 Å². The quantitative estimate of drug-likeness (QED) is 0.475. The monoisotopic (exact) mass is 372 g/mol. The van der Waals surface area contributed by atoms with Crippen molar-refractivity contribution in [2.24, 2.45) is 0 Å². The van der Waals surface area contributed by atoms with E-state index in [1.165, 1.54) is 11.8 Å². The number of hydrogen-bond donors (Lipinski definition) is 0. The zero-order valence-electron chi connectivity index (χ0n) is 12.3. The van der Waals surface area contributed by atoms with Crippen LogP contribution >= 0.6 is 35.0 Å². The Balaban J connectivity index is 1.66. The molecular formula is C19H10Cl2O2S. The maximum absolute atomic E-state index is 12.4. The molecule has 0 spiro atoms. The van der Waals surface area contributed by atoms with Crippen LogP contribution in [0.15, 0.2) is 68.8 Å². The smallest absolute Gasteiger partial charge is 0.200 e. The molecule has 0 radical (unpaired) electrons. The third kappa shape index (κ3) is 2.80. The normalized spacial score (nSPS) is 15.1. The standard InChI is InChI=1S/C19H10Cl2O2S/c20-11-5-7-13(15(21)9-11)16-8-6-12(23-16)10-18-19(22)14-3-1-2-4-17(14)24-18/h1-10H/b18-10+. The van der Waals surface area contributed by atoms with Crippen molar-refractivity contribution in [3.05, 3.63) is 80.9 Å². The van der Waals surface area contributed by atoms with Crippen molar-refractivity contribution in [1.29, 1.82) is 0 Å². The van der Waals surface area contributed by atoms with E-state index >= 15 is 0 Å². The predicted molar refractivity (Wildman–Crippen MR) is 98.8 cm³/mol. The number of carbonyl (C=O) groups is 1. The van der Waals surface area contributed by atoms with Gasteiger partial charge < -0.3 is 4.42 Å². The van der Waals surface area contributed by atoms with Gasteiger partial charge in [0.15, 0.2) is 0 Å². The molecule has 0 aliphatic carbocycles. The molecule has 0 saturated heterocycles. The Morgan fingerprint density at radius 2 is 1.79 bits per heavy atom. The van der Waals surface area contributed by atoms with Crippen LogP contribution in [0.25, 0.3) is 17.4 Å². The predicted octanol–water partition coefficient (Wildman–Crippen LogP) is 6.58. The van der Waals surface area contributed by atoms with E-state index in [1.54, 1.807) is 18.2 Å². The van der Waals surface area contributed by atoms with Crippen molar-refractivity contribution in [3.63, 3.8) is 0 Å². The first-order valence-corrected chi connectivity index (χ1v) is 8.77. The number of furan rings is 1. The number of allylic oxidation sites excluding steroid dienone is 1. The molecule has 5 heteroatoms. The molecule has 0 bridgehead atoms. The minimum Gasteiger partial charge on any atom is -0.457 e.